The second kappa shape index (κ2) is 8.90. The van der Waals surface area contributed by atoms with E-state index in [0.717, 1.165) is 17.4 Å². The fraction of sp³-hybridized carbons (Fsp3) is 0.500. The molecule has 2 atom stereocenters. The smallest absolute Gasteiger partial charge is 0.0441 e. The highest BCUT2D eigenvalue weighted by Crippen LogP contribution is 2.36. The molecule has 0 bridgehead atoms. The van der Waals surface area contributed by atoms with Gasteiger partial charge in [0.25, 0.3) is 0 Å². The van der Waals surface area contributed by atoms with Crippen LogP contribution in [0.1, 0.15) is 80.0 Å². The summed E-state index contributed by atoms with van der Waals surface area (Å²) in [6.07, 6.45) is 10.5. The Balaban J connectivity index is 1.80. The van der Waals surface area contributed by atoms with Gasteiger partial charge in [-0.1, -0.05) is 92.6 Å². The third-order valence-corrected chi connectivity index (χ3v) is 6.29. The topological polar surface area (TPSA) is 0 Å². The Hall–Kier alpha value is -1.27. The molecule has 0 saturated heterocycles. The summed E-state index contributed by atoms with van der Waals surface area (Å²) in [5, 5.41) is 0.905. The zero-order valence-electron chi connectivity index (χ0n) is 15.7. The summed E-state index contributed by atoms with van der Waals surface area (Å²) in [4.78, 5) is 0. The quantitative estimate of drug-likeness (QED) is 0.527. The number of halogens is 1. The minimum absolute atomic E-state index is 0.708. The molecule has 1 aliphatic carbocycles. The molecule has 1 heteroatoms. The van der Waals surface area contributed by atoms with Crippen LogP contribution in [0.3, 0.4) is 0 Å². The first-order chi connectivity index (χ1) is 12.2. The summed E-state index contributed by atoms with van der Waals surface area (Å²) in [5.41, 5.74) is 5.43. The van der Waals surface area contributed by atoms with Crippen molar-refractivity contribution in [3.05, 3.63) is 69.7 Å². The van der Waals surface area contributed by atoms with Gasteiger partial charge < -0.3 is 0 Å². The lowest BCUT2D eigenvalue weighted by Crippen LogP contribution is -2.11. The first-order valence-electron chi connectivity index (χ1n) is 9.99. The maximum atomic E-state index is 6.53. The summed E-state index contributed by atoms with van der Waals surface area (Å²) in [7, 11) is 0. The largest absolute Gasteiger partial charge is 0.0840 e. The molecular weight excluding hydrogens is 324 g/mol. The molecule has 3 rings (SSSR count). The Labute approximate surface area is 158 Å². The van der Waals surface area contributed by atoms with Gasteiger partial charge in [-0.3, -0.25) is 0 Å². The summed E-state index contributed by atoms with van der Waals surface area (Å²) >= 11 is 6.53. The molecule has 1 saturated carbocycles. The van der Waals surface area contributed by atoms with Crippen molar-refractivity contribution in [3.8, 4) is 0 Å². The summed E-state index contributed by atoms with van der Waals surface area (Å²) in [6.45, 7) is 4.49. The zero-order chi connectivity index (χ0) is 17.6. The lowest BCUT2D eigenvalue weighted by molar-refractivity contribution is 0.339. The lowest BCUT2D eigenvalue weighted by Gasteiger charge is -2.26. The van der Waals surface area contributed by atoms with E-state index in [1.54, 1.807) is 0 Å². The van der Waals surface area contributed by atoms with Crippen molar-refractivity contribution in [2.45, 2.75) is 71.1 Å². The van der Waals surface area contributed by atoms with Gasteiger partial charge in [-0.15, -0.1) is 0 Å². The van der Waals surface area contributed by atoms with Crippen LogP contribution in [0, 0.1) is 12.8 Å². The van der Waals surface area contributed by atoms with Gasteiger partial charge in [0.05, 0.1) is 0 Å². The van der Waals surface area contributed by atoms with E-state index >= 15 is 0 Å². The zero-order valence-corrected chi connectivity index (χ0v) is 16.5. The van der Waals surface area contributed by atoms with Gasteiger partial charge in [-0.2, -0.15) is 0 Å². The van der Waals surface area contributed by atoms with Crippen LogP contribution in [0.15, 0.2) is 42.5 Å². The van der Waals surface area contributed by atoms with Gasteiger partial charge in [-0.25, -0.2) is 0 Å². The number of rotatable bonds is 4. The molecule has 25 heavy (non-hydrogen) atoms. The van der Waals surface area contributed by atoms with Crippen LogP contribution in [0.4, 0.5) is 0 Å². The number of aryl methyl sites for hydroxylation is 1. The third kappa shape index (κ3) is 5.11. The number of hydrogen-bond donors (Lipinski definition) is 0. The van der Waals surface area contributed by atoms with E-state index in [9.17, 15) is 0 Å². The minimum atomic E-state index is 0.708. The first-order valence-corrected chi connectivity index (χ1v) is 10.4. The van der Waals surface area contributed by atoms with E-state index in [1.807, 2.05) is 0 Å². The van der Waals surface area contributed by atoms with Crippen molar-refractivity contribution in [2.75, 3.05) is 0 Å². The monoisotopic (exact) mass is 354 g/mol. The normalized spacial score (nSPS) is 21.6. The van der Waals surface area contributed by atoms with E-state index < -0.39 is 0 Å². The molecule has 0 aromatic heterocycles. The second-order valence-corrected chi connectivity index (χ2v) is 8.27. The van der Waals surface area contributed by atoms with Crippen LogP contribution in [0.5, 0.6) is 0 Å². The molecule has 2 aromatic carbocycles. The van der Waals surface area contributed by atoms with Crippen molar-refractivity contribution in [3.63, 3.8) is 0 Å². The van der Waals surface area contributed by atoms with Crippen LogP contribution < -0.4 is 0 Å². The predicted octanol–water partition coefficient (Wildman–Crippen LogP) is 7.70. The average molecular weight is 355 g/mol. The van der Waals surface area contributed by atoms with Gasteiger partial charge in [0, 0.05) is 5.02 Å². The fourth-order valence-corrected chi connectivity index (χ4v) is 4.41. The van der Waals surface area contributed by atoms with Crippen LogP contribution in [-0.2, 0) is 6.42 Å². The van der Waals surface area contributed by atoms with Gasteiger partial charge in [-0.05, 0) is 60.8 Å². The molecule has 0 nitrogen and oxygen atoms in total. The van der Waals surface area contributed by atoms with Crippen molar-refractivity contribution in [1.82, 2.24) is 0 Å². The van der Waals surface area contributed by atoms with E-state index in [2.05, 4.69) is 56.3 Å². The highest BCUT2D eigenvalue weighted by Gasteiger charge is 2.20. The van der Waals surface area contributed by atoms with Gasteiger partial charge in [0.1, 0.15) is 0 Å². The van der Waals surface area contributed by atoms with Crippen LogP contribution in [0.25, 0.3) is 0 Å². The van der Waals surface area contributed by atoms with E-state index in [0.29, 0.717) is 5.92 Å². The first kappa shape index (κ1) is 18.5. The molecule has 1 aliphatic rings. The Bertz CT molecular complexity index is 671. The Morgan fingerprint density at radius 2 is 1.72 bits per heavy atom. The molecular formula is C24H31Cl. The van der Waals surface area contributed by atoms with Gasteiger partial charge >= 0.3 is 0 Å². The van der Waals surface area contributed by atoms with Gasteiger partial charge in [0.2, 0.25) is 0 Å². The molecule has 1 fully saturated rings. The molecule has 0 radical (unpaired) electrons. The van der Waals surface area contributed by atoms with Crippen molar-refractivity contribution in [1.29, 1.82) is 0 Å². The van der Waals surface area contributed by atoms with Crippen molar-refractivity contribution in [2.24, 2.45) is 5.92 Å². The predicted molar refractivity (Wildman–Crippen MR) is 110 cm³/mol. The summed E-state index contributed by atoms with van der Waals surface area (Å²) in [6, 6.07) is 15.6. The minimum Gasteiger partial charge on any atom is -0.0840 e. The molecule has 0 aliphatic heterocycles. The lowest BCUT2D eigenvalue weighted by atomic mass is 9.79. The summed E-state index contributed by atoms with van der Waals surface area (Å²) < 4.78 is 0. The van der Waals surface area contributed by atoms with Crippen LogP contribution in [-0.4, -0.2) is 0 Å². The molecule has 0 heterocycles. The van der Waals surface area contributed by atoms with Crippen molar-refractivity contribution < 1.29 is 0 Å². The maximum absolute atomic E-state index is 6.53. The Morgan fingerprint density at radius 1 is 0.960 bits per heavy atom. The van der Waals surface area contributed by atoms with Crippen molar-refractivity contribution >= 4 is 11.6 Å². The molecule has 134 valence electrons. The van der Waals surface area contributed by atoms with Gasteiger partial charge in [0.15, 0.2) is 0 Å². The number of hydrogen-bond acceptors (Lipinski definition) is 0. The molecule has 0 unspecified atom stereocenters. The highest BCUT2D eigenvalue weighted by atomic mass is 35.5. The fourth-order valence-electron chi connectivity index (χ4n) is 4.22. The SMILES string of the molecule is CC[C@@H]1CCCCC[C@H](c2ccc(Cl)c(Cc3ccc(C)cc3)c2)C1. The van der Waals surface area contributed by atoms with Crippen LogP contribution >= 0.6 is 11.6 Å². The van der Waals surface area contributed by atoms with E-state index in [4.69, 9.17) is 11.6 Å². The average Bonchev–Trinajstić information content (AvgIpc) is 2.59. The van der Waals surface area contributed by atoms with E-state index in [1.165, 1.54) is 67.2 Å². The van der Waals surface area contributed by atoms with E-state index in [-0.39, 0.29) is 0 Å². The maximum Gasteiger partial charge on any atom is 0.0441 e. The second-order valence-electron chi connectivity index (χ2n) is 7.86. The Morgan fingerprint density at radius 3 is 2.48 bits per heavy atom. The Kier molecular flexibility index (Phi) is 6.59. The molecule has 2 aromatic rings. The standard InChI is InChI=1S/C24H31Cl/c1-3-19-7-5-4-6-8-21(15-19)22-13-14-24(25)23(17-22)16-20-11-9-18(2)10-12-20/h9-14,17,19,21H,3-8,15-16H2,1-2H3/t19-,21+/m1/s1. The highest BCUT2D eigenvalue weighted by molar-refractivity contribution is 6.31. The third-order valence-electron chi connectivity index (χ3n) is 5.92. The molecule has 0 spiro atoms. The number of benzene rings is 2. The molecule has 0 N–H and O–H groups in total. The summed E-state index contributed by atoms with van der Waals surface area (Å²) in [5.74, 6) is 1.60. The van der Waals surface area contributed by atoms with Crippen LogP contribution in [0.2, 0.25) is 5.02 Å². The molecule has 0 amide bonds.